The van der Waals surface area contributed by atoms with E-state index in [9.17, 15) is 9.59 Å². The molecule has 2 aromatic carbocycles. The van der Waals surface area contributed by atoms with Gasteiger partial charge in [0.05, 0.1) is 11.3 Å². The van der Waals surface area contributed by atoms with Gasteiger partial charge in [-0.15, -0.1) is 11.8 Å². The molecule has 1 aliphatic rings. The molecule has 3 rings (SSSR count). The molecule has 0 spiro atoms. The Labute approximate surface area is 173 Å². The van der Waals surface area contributed by atoms with Crippen molar-refractivity contribution in [2.45, 2.75) is 24.3 Å². The van der Waals surface area contributed by atoms with Gasteiger partial charge in [0.1, 0.15) is 0 Å². The molecule has 4 nitrogen and oxygen atoms in total. The molecule has 27 heavy (non-hydrogen) atoms. The van der Waals surface area contributed by atoms with Gasteiger partial charge in [-0.25, -0.2) is 0 Å². The van der Waals surface area contributed by atoms with E-state index in [1.807, 2.05) is 23.1 Å². The Kier molecular flexibility index (Phi) is 7.05. The van der Waals surface area contributed by atoms with Gasteiger partial charge in [-0.1, -0.05) is 41.4 Å². The standard InChI is InChI=1S/C20H20Cl2N2O2S/c21-15-8-7-14(17(22)11-15)12-23-20(26)16-5-1-2-6-18(16)27-13-19(25)24-9-3-4-10-24/h1-2,5-8,11H,3-4,9-10,12-13H2,(H,23,26). The number of benzene rings is 2. The van der Waals surface area contributed by atoms with Crippen molar-refractivity contribution >= 4 is 46.8 Å². The quantitative estimate of drug-likeness (QED) is 0.689. The summed E-state index contributed by atoms with van der Waals surface area (Å²) in [6, 6.07) is 12.5. The van der Waals surface area contributed by atoms with E-state index < -0.39 is 0 Å². The molecule has 7 heteroatoms. The number of hydrogen-bond donors (Lipinski definition) is 1. The average Bonchev–Trinajstić information content (AvgIpc) is 3.20. The molecule has 1 N–H and O–H groups in total. The summed E-state index contributed by atoms with van der Waals surface area (Å²) in [6.07, 6.45) is 2.14. The molecule has 1 aliphatic heterocycles. The minimum absolute atomic E-state index is 0.126. The molecule has 0 aliphatic carbocycles. The van der Waals surface area contributed by atoms with E-state index in [-0.39, 0.29) is 11.8 Å². The summed E-state index contributed by atoms with van der Waals surface area (Å²) in [7, 11) is 0. The van der Waals surface area contributed by atoms with Crippen LogP contribution in [0.15, 0.2) is 47.4 Å². The van der Waals surface area contributed by atoms with Crippen molar-refractivity contribution in [2.75, 3.05) is 18.8 Å². The number of likely N-dealkylation sites (tertiary alicyclic amines) is 1. The second kappa shape index (κ2) is 9.49. The lowest BCUT2D eigenvalue weighted by Gasteiger charge is -2.15. The van der Waals surface area contributed by atoms with E-state index in [0.29, 0.717) is 27.9 Å². The van der Waals surface area contributed by atoms with Gasteiger partial charge in [0.2, 0.25) is 5.91 Å². The molecule has 1 fully saturated rings. The van der Waals surface area contributed by atoms with Crippen molar-refractivity contribution in [3.63, 3.8) is 0 Å². The SMILES string of the molecule is O=C(NCc1ccc(Cl)cc1Cl)c1ccccc1SCC(=O)N1CCCC1. The number of carbonyl (C=O) groups is 2. The number of hydrogen-bond acceptors (Lipinski definition) is 3. The van der Waals surface area contributed by atoms with Crippen LogP contribution in [0.25, 0.3) is 0 Å². The van der Waals surface area contributed by atoms with Crippen molar-refractivity contribution in [1.82, 2.24) is 10.2 Å². The lowest BCUT2D eigenvalue weighted by molar-refractivity contribution is -0.127. The third-order valence-electron chi connectivity index (χ3n) is 4.40. The third kappa shape index (κ3) is 5.41. The molecule has 2 amide bonds. The van der Waals surface area contributed by atoms with Crippen LogP contribution in [0.5, 0.6) is 0 Å². The Balaban J connectivity index is 1.62. The molecule has 0 radical (unpaired) electrons. The second-order valence-electron chi connectivity index (χ2n) is 6.29. The zero-order chi connectivity index (χ0) is 19.2. The molecule has 2 aromatic rings. The van der Waals surface area contributed by atoms with Crippen LogP contribution in [0.2, 0.25) is 10.0 Å². The van der Waals surface area contributed by atoms with Crippen LogP contribution >= 0.6 is 35.0 Å². The molecule has 1 heterocycles. The molecule has 142 valence electrons. The number of thioether (sulfide) groups is 1. The highest BCUT2D eigenvalue weighted by Crippen LogP contribution is 2.25. The topological polar surface area (TPSA) is 49.4 Å². The lowest BCUT2D eigenvalue weighted by atomic mass is 10.2. The van der Waals surface area contributed by atoms with Gasteiger partial charge in [-0.3, -0.25) is 9.59 Å². The van der Waals surface area contributed by atoms with Gasteiger partial charge in [0, 0.05) is 34.6 Å². The van der Waals surface area contributed by atoms with Crippen LogP contribution in [0.1, 0.15) is 28.8 Å². The Hall–Kier alpha value is -1.69. The Morgan fingerprint density at radius 1 is 1.07 bits per heavy atom. The maximum atomic E-state index is 12.6. The Morgan fingerprint density at radius 3 is 2.56 bits per heavy atom. The predicted octanol–water partition coefficient (Wildman–Crippen LogP) is 4.64. The molecule has 0 bridgehead atoms. The van der Waals surface area contributed by atoms with Crippen LogP contribution in [0, 0.1) is 0 Å². The first-order valence-electron chi connectivity index (χ1n) is 8.76. The minimum atomic E-state index is -0.197. The molecular formula is C20H20Cl2N2O2S. The number of rotatable bonds is 6. The van der Waals surface area contributed by atoms with Crippen molar-refractivity contribution in [3.05, 3.63) is 63.6 Å². The van der Waals surface area contributed by atoms with Crippen molar-refractivity contribution in [1.29, 1.82) is 0 Å². The Morgan fingerprint density at radius 2 is 1.81 bits per heavy atom. The highest BCUT2D eigenvalue weighted by atomic mass is 35.5. The molecule has 0 atom stereocenters. The maximum Gasteiger partial charge on any atom is 0.252 e. The maximum absolute atomic E-state index is 12.6. The molecule has 1 saturated heterocycles. The summed E-state index contributed by atoms with van der Waals surface area (Å²) in [4.78, 5) is 27.6. The number of amides is 2. The fraction of sp³-hybridized carbons (Fsp3) is 0.300. The van der Waals surface area contributed by atoms with Gasteiger partial charge >= 0.3 is 0 Å². The number of nitrogens with zero attached hydrogens (tertiary/aromatic N) is 1. The van der Waals surface area contributed by atoms with Gasteiger partial charge in [-0.05, 0) is 42.7 Å². The molecule has 0 unspecified atom stereocenters. The van der Waals surface area contributed by atoms with E-state index in [0.717, 1.165) is 36.4 Å². The number of halogens is 2. The second-order valence-corrected chi connectivity index (χ2v) is 8.15. The summed E-state index contributed by atoms with van der Waals surface area (Å²) in [5.41, 5.74) is 1.35. The molecular weight excluding hydrogens is 403 g/mol. The fourth-order valence-corrected chi connectivity index (χ4v) is 4.34. The van der Waals surface area contributed by atoms with E-state index in [2.05, 4.69) is 5.32 Å². The van der Waals surface area contributed by atoms with Gasteiger partial charge in [0.15, 0.2) is 0 Å². The first-order chi connectivity index (χ1) is 13.0. The van der Waals surface area contributed by atoms with Crippen LogP contribution in [0.4, 0.5) is 0 Å². The summed E-state index contributed by atoms with van der Waals surface area (Å²) in [6.45, 7) is 1.98. The average molecular weight is 423 g/mol. The predicted molar refractivity (Wildman–Crippen MR) is 111 cm³/mol. The van der Waals surface area contributed by atoms with Crippen LogP contribution in [0.3, 0.4) is 0 Å². The van der Waals surface area contributed by atoms with E-state index in [1.54, 1.807) is 24.3 Å². The fourth-order valence-electron chi connectivity index (χ4n) is 2.91. The summed E-state index contributed by atoms with van der Waals surface area (Å²) >= 11 is 13.5. The van der Waals surface area contributed by atoms with E-state index >= 15 is 0 Å². The highest BCUT2D eigenvalue weighted by Gasteiger charge is 2.19. The minimum Gasteiger partial charge on any atom is -0.348 e. The van der Waals surface area contributed by atoms with Crippen LogP contribution in [-0.4, -0.2) is 35.6 Å². The zero-order valence-corrected chi connectivity index (χ0v) is 17.0. The summed E-state index contributed by atoms with van der Waals surface area (Å²) in [5.74, 6) is 0.270. The molecule has 0 saturated carbocycles. The van der Waals surface area contributed by atoms with Gasteiger partial charge in [-0.2, -0.15) is 0 Å². The van der Waals surface area contributed by atoms with E-state index in [4.69, 9.17) is 23.2 Å². The smallest absolute Gasteiger partial charge is 0.252 e. The van der Waals surface area contributed by atoms with Crippen molar-refractivity contribution in [3.8, 4) is 0 Å². The lowest BCUT2D eigenvalue weighted by Crippen LogP contribution is -2.29. The first kappa shape index (κ1) is 20.1. The summed E-state index contributed by atoms with van der Waals surface area (Å²) in [5, 5.41) is 3.95. The van der Waals surface area contributed by atoms with E-state index in [1.165, 1.54) is 11.8 Å². The number of nitrogens with one attached hydrogen (secondary N) is 1. The van der Waals surface area contributed by atoms with Gasteiger partial charge in [0.25, 0.3) is 5.91 Å². The zero-order valence-electron chi connectivity index (χ0n) is 14.7. The van der Waals surface area contributed by atoms with Gasteiger partial charge < -0.3 is 10.2 Å². The van der Waals surface area contributed by atoms with Crippen LogP contribution < -0.4 is 5.32 Å². The normalized spacial score (nSPS) is 13.6. The highest BCUT2D eigenvalue weighted by molar-refractivity contribution is 8.00. The van der Waals surface area contributed by atoms with Crippen LogP contribution in [-0.2, 0) is 11.3 Å². The Bertz CT molecular complexity index is 838. The monoisotopic (exact) mass is 422 g/mol. The largest absolute Gasteiger partial charge is 0.348 e. The van der Waals surface area contributed by atoms with Crippen molar-refractivity contribution < 1.29 is 9.59 Å². The molecule has 0 aromatic heterocycles. The summed E-state index contributed by atoms with van der Waals surface area (Å²) < 4.78 is 0. The number of carbonyl (C=O) groups excluding carboxylic acids is 2. The first-order valence-corrected chi connectivity index (χ1v) is 10.5. The van der Waals surface area contributed by atoms with Crippen molar-refractivity contribution in [2.24, 2.45) is 0 Å². The third-order valence-corrected chi connectivity index (χ3v) is 6.04.